The highest BCUT2D eigenvalue weighted by Gasteiger charge is 2.11. The Kier molecular flexibility index (Phi) is 4.73. The first-order chi connectivity index (χ1) is 10.0. The van der Waals surface area contributed by atoms with Gasteiger partial charge >= 0.3 is 0 Å². The first kappa shape index (κ1) is 15.2. The van der Waals surface area contributed by atoms with Crippen LogP contribution in [0.2, 0.25) is 0 Å². The third-order valence-corrected chi connectivity index (χ3v) is 3.07. The number of anilines is 1. The molecule has 0 atom stereocenters. The minimum atomic E-state index is -0.398. The van der Waals surface area contributed by atoms with Crippen molar-refractivity contribution in [1.29, 1.82) is 0 Å². The third kappa shape index (κ3) is 3.48. The molecule has 1 N–H and O–H groups in total. The van der Waals surface area contributed by atoms with Gasteiger partial charge in [-0.15, -0.1) is 0 Å². The van der Waals surface area contributed by atoms with Gasteiger partial charge in [0.05, 0.1) is 12.8 Å². The molecular formula is C16H20FN3O. The fraction of sp³-hybridized carbons (Fsp3) is 0.375. The zero-order valence-corrected chi connectivity index (χ0v) is 12.8. The number of halogens is 1. The summed E-state index contributed by atoms with van der Waals surface area (Å²) in [5.41, 5.74) is 1.41. The second-order valence-corrected chi connectivity index (χ2v) is 5.03. The predicted octanol–water partition coefficient (Wildman–Crippen LogP) is 3.85. The Balaban J connectivity index is 2.49. The number of hydrogen-bond acceptors (Lipinski definition) is 4. The Morgan fingerprint density at radius 1 is 1.24 bits per heavy atom. The number of nitrogens with zero attached hydrogens (tertiary/aromatic N) is 2. The van der Waals surface area contributed by atoms with Gasteiger partial charge in [-0.1, -0.05) is 13.8 Å². The molecule has 0 aliphatic rings. The molecule has 0 saturated carbocycles. The quantitative estimate of drug-likeness (QED) is 0.908. The predicted molar refractivity (Wildman–Crippen MR) is 82.2 cm³/mol. The lowest BCUT2D eigenvalue weighted by molar-refractivity contribution is 0.386. The fourth-order valence-electron chi connectivity index (χ4n) is 1.97. The highest BCUT2D eigenvalue weighted by molar-refractivity contribution is 5.63. The summed E-state index contributed by atoms with van der Waals surface area (Å²) < 4.78 is 18.8. The molecule has 1 aromatic carbocycles. The van der Waals surface area contributed by atoms with Gasteiger partial charge in [-0.25, -0.2) is 14.4 Å². The smallest absolute Gasteiger partial charge is 0.165 e. The number of nitrogens with one attached hydrogen (secondary N) is 1. The maximum Gasteiger partial charge on any atom is 0.165 e. The van der Waals surface area contributed by atoms with E-state index in [1.54, 1.807) is 12.1 Å². The molecule has 0 amide bonds. The standard InChI is InChI=1S/C16H20FN3O/c1-5-18-15-9-13(19-16(20-15)10(2)3)11-6-7-14(21-4)12(17)8-11/h6-10H,5H2,1-4H3,(H,18,19,20). The summed E-state index contributed by atoms with van der Waals surface area (Å²) in [5, 5.41) is 3.18. The number of benzene rings is 1. The first-order valence-electron chi connectivity index (χ1n) is 7.02. The Bertz CT molecular complexity index is 629. The maximum atomic E-state index is 13.9. The minimum Gasteiger partial charge on any atom is -0.494 e. The van der Waals surface area contributed by atoms with E-state index in [1.807, 2.05) is 26.8 Å². The van der Waals surface area contributed by atoms with Crippen LogP contribution >= 0.6 is 0 Å². The van der Waals surface area contributed by atoms with Crippen molar-refractivity contribution in [3.8, 4) is 17.0 Å². The van der Waals surface area contributed by atoms with Crippen LogP contribution < -0.4 is 10.1 Å². The normalized spacial score (nSPS) is 10.8. The molecule has 0 aliphatic carbocycles. The van der Waals surface area contributed by atoms with Gasteiger partial charge in [0.1, 0.15) is 11.6 Å². The summed E-state index contributed by atoms with van der Waals surface area (Å²) >= 11 is 0. The van der Waals surface area contributed by atoms with Gasteiger partial charge in [0.2, 0.25) is 0 Å². The molecule has 5 heteroatoms. The number of ether oxygens (including phenoxy) is 1. The number of rotatable bonds is 5. The van der Waals surface area contributed by atoms with Crippen molar-refractivity contribution in [2.45, 2.75) is 26.7 Å². The topological polar surface area (TPSA) is 47.0 Å². The van der Waals surface area contributed by atoms with Crippen LogP contribution in [0.1, 0.15) is 32.5 Å². The molecule has 0 spiro atoms. The van der Waals surface area contributed by atoms with E-state index in [0.717, 1.165) is 18.2 Å². The van der Waals surface area contributed by atoms with Crippen molar-refractivity contribution < 1.29 is 9.13 Å². The first-order valence-corrected chi connectivity index (χ1v) is 7.02. The number of hydrogen-bond donors (Lipinski definition) is 1. The summed E-state index contributed by atoms with van der Waals surface area (Å²) in [5.74, 6) is 1.51. The molecule has 112 valence electrons. The van der Waals surface area contributed by atoms with Crippen LogP contribution in [0.5, 0.6) is 5.75 Å². The Morgan fingerprint density at radius 2 is 2.00 bits per heavy atom. The highest BCUT2D eigenvalue weighted by atomic mass is 19.1. The SMILES string of the molecule is CCNc1cc(-c2ccc(OC)c(F)c2)nc(C(C)C)n1. The van der Waals surface area contributed by atoms with Gasteiger partial charge in [0.25, 0.3) is 0 Å². The molecule has 0 unspecified atom stereocenters. The minimum absolute atomic E-state index is 0.199. The van der Waals surface area contributed by atoms with E-state index in [9.17, 15) is 4.39 Å². The summed E-state index contributed by atoms with van der Waals surface area (Å²) in [4.78, 5) is 8.99. The van der Waals surface area contributed by atoms with E-state index in [0.29, 0.717) is 11.3 Å². The lowest BCUT2D eigenvalue weighted by Gasteiger charge is -2.11. The van der Waals surface area contributed by atoms with E-state index >= 15 is 0 Å². The lowest BCUT2D eigenvalue weighted by Crippen LogP contribution is -2.06. The third-order valence-electron chi connectivity index (χ3n) is 3.07. The summed E-state index contributed by atoms with van der Waals surface area (Å²) in [6.07, 6.45) is 0. The monoisotopic (exact) mass is 289 g/mol. The lowest BCUT2D eigenvalue weighted by atomic mass is 10.1. The van der Waals surface area contributed by atoms with Crippen LogP contribution in [-0.2, 0) is 0 Å². The Labute approximate surface area is 124 Å². The summed E-state index contributed by atoms with van der Waals surface area (Å²) in [6.45, 7) is 6.84. The average molecular weight is 289 g/mol. The van der Waals surface area contributed by atoms with Crippen LogP contribution in [-0.4, -0.2) is 23.6 Å². The van der Waals surface area contributed by atoms with E-state index in [4.69, 9.17) is 4.74 Å². The van der Waals surface area contributed by atoms with Crippen LogP contribution in [0.25, 0.3) is 11.3 Å². The van der Waals surface area contributed by atoms with E-state index in [-0.39, 0.29) is 11.7 Å². The van der Waals surface area contributed by atoms with E-state index < -0.39 is 5.82 Å². The molecule has 21 heavy (non-hydrogen) atoms. The van der Waals surface area contributed by atoms with Crippen molar-refractivity contribution in [3.63, 3.8) is 0 Å². The van der Waals surface area contributed by atoms with Gasteiger partial charge in [-0.05, 0) is 25.1 Å². The molecule has 0 fully saturated rings. The van der Waals surface area contributed by atoms with Crippen LogP contribution in [0.3, 0.4) is 0 Å². The molecule has 1 heterocycles. The van der Waals surface area contributed by atoms with Crippen molar-refractivity contribution in [1.82, 2.24) is 9.97 Å². The van der Waals surface area contributed by atoms with E-state index in [1.165, 1.54) is 13.2 Å². The zero-order chi connectivity index (χ0) is 15.4. The van der Waals surface area contributed by atoms with Crippen LogP contribution in [0.15, 0.2) is 24.3 Å². The van der Waals surface area contributed by atoms with Gasteiger partial charge in [0, 0.05) is 24.1 Å². The van der Waals surface area contributed by atoms with Crippen molar-refractivity contribution in [2.75, 3.05) is 19.0 Å². The molecule has 0 radical (unpaired) electrons. The molecule has 2 rings (SSSR count). The van der Waals surface area contributed by atoms with Crippen molar-refractivity contribution in [3.05, 3.63) is 35.9 Å². The molecule has 1 aromatic heterocycles. The summed E-state index contributed by atoms with van der Waals surface area (Å²) in [6, 6.07) is 6.66. The summed E-state index contributed by atoms with van der Waals surface area (Å²) in [7, 11) is 1.45. The zero-order valence-electron chi connectivity index (χ0n) is 12.8. The average Bonchev–Trinajstić information content (AvgIpc) is 2.47. The van der Waals surface area contributed by atoms with Crippen LogP contribution in [0.4, 0.5) is 10.2 Å². The number of aromatic nitrogens is 2. The number of methoxy groups -OCH3 is 1. The van der Waals surface area contributed by atoms with Crippen molar-refractivity contribution in [2.24, 2.45) is 0 Å². The van der Waals surface area contributed by atoms with Gasteiger partial charge in [-0.2, -0.15) is 0 Å². The second kappa shape index (κ2) is 6.52. The van der Waals surface area contributed by atoms with Gasteiger partial charge in [0.15, 0.2) is 11.6 Å². The van der Waals surface area contributed by atoms with Gasteiger partial charge < -0.3 is 10.1 Å². The largest absolute Gasteiger partial charge is 0.494 e. The molecule has 0 aliphatic heterocycles. The van der Waals surface area contributed by atoms with Crippen molar-refractivity contribution >= 4 is 5.82 Å². The van der Waals surface area contributed by atoms with Gasteiger partial charge in [-0.3, -0.25) is 0 Å². The molecule has 0 saturated heterocycles. The fourth-order valence-corrected chi connectivity index (χ4v) is 1.97. The van der Waals surface area contributed by atoms with Crippen LogP contribution in [0, 0.1) is 5.82 Å². The molecule has 4 nitrogen and oxygen atoms in total. The van der Waals surface area contributed by atoms with E-state index in [2.05, 4.69) is 15.3 Å². The second-order valence-electron chi connectivity index (χ2n) is 5.03. The molecule has 2 aromatic rings. The Morgan fingerprint density at radius 3 is 2.57 bits per heavy atom. The molecular weight excluding hydrogens is 269 g/mol. The highest BCUT2D eigenvalue weighted by Crippen LogP contribution is 2.26. The molecule has 0 bridgehead atoms. The maximum absolute atomic E-state index is 13.9. The Hall–Kier alpha value is -2.17.